The van der Waals surface area contributed by atoms with E-state index in [-0.39, 0.29) is 0 Å². The van der Waals surface area contributed by atoms with Crippen molar-refractivity contribution in [2.24, 2.45) is 0 Å². The number of aromatic nitrogens is 8. The van der Waals surface area contributed by atoms with Gasteiger partial charge in [-0.1, -0.05) is 382 Å². The van der Waals surface area contributed by atoms with Crippen molar-refractivity contribution in [2.75, 3.05) is 0 Å². The highest BCUT2D eigenvalue weighted by Gasteiger charge is 2.26. The second-order valence-electron chi connectivity index (χ2n) is 31.2. The van der Waals surface area contributed by atoms with Crippen LogP contribution < -0.4 is 0 Å². The summed E-state index contributed by atoms with van der Waals surface area (Å²) in [5, 5.41) is 19.9. The van der Waals surface area contributed by atoms with E-state index in [9.17, 15) is 0 Å². The summed E-state index contributed by atoms with van der Waals surface area (Å²) < 4.78 is 16.7. The van der Waals surface area contributed by atoms with Gasteiger partial charge in [0.25, 0.3) is 0 Å². The number of furan rings is 2. The number of pyridine rings is 2. The summed E-state index contributed by atoms with van der Waals surface area (Å²) in [6, 6.07) is 152. The minimum Gasteiger partial charge on any atom is -0.456 e. The Morgan fingerprint density at radius 1 is 0.194 bits per heavy atom. The van der Waals surface area contributed by atoms with E-state index in [1.54, 1.807) is 0 Å². The third kappa shape index (κ3) is 13.1. The van der Waals surface area contributed by atoms with Crippen molar-refractivity contribution >= 4 is 76.5 Å². The molecule has 0 unspecified atom stereocenters. The van der Waals surface area contributed by atoms with E-state index in [1.165, 1.54) is 5.39 Å². The number of benzene rings is 16. The van der Waals surface area contributed by atoms with E-state index in [0.717, 1.165) is 217 Å². The van der Waals surface area contributed by atoms with Crippen molar-refractivity contribution in [3.63, 3.8) is 0 Å². The van der Waals surface area contributed by atoms with Gasteiger partial charge >= 0.3 is 0 Å². The zero-order valence-corrected chi connectivity index (χ0v) is 67.0. The summed E-state index contributed by atoms with van der Waals surface area (Å²) in [7, 11) is 0. The minimum absolute atomic E-state index is 0.671. The van der Waals surface area contributed by atoms with E-state index >= 15 is 0 Å². The third-order valence-electron chi connectivity index (χ3n) is 23.7. The van der Waals surface area contributed by atoms with E-state index in [0.29, 0.717) is 11.6 Å². The standard InChI is InChI=1S/2C57H36N4O/c1-4-16-38(17-5-1)50-35-43-22-10-11-25-46(43)56-53(55(60-61(50)56)40-18-6-2-7-19-40)39-32-30-37(31-33-39)48-36-49(59-57(58-48)41-20-8-3-9-21-41)44-24-14-23-42(34-44)45-27-15-29-52-54(45)47-26-12-13-28-51(47)62-52;1-4-15-40(16-5-1)50-35-44-21-10-11-22-46(44)56-53(55(60-61(50)56)42-17-6-2-7-18-42)41-33-31-39(32-34-41)49-36-48(58-57(59-49)43-19-8-3-9-20-43)38-29-27-37(28-30-38)45-24-14-26-52-54(45)47-23-12-13-25-51(47)62-52/h2*1-36H. The van der Waals surface area contributed by atoms with Crippen LogP contribution in [-0.2, 0) is 0 Å². The summed E-state index contributed by atoms with van der Waals surface area (Å²) in [5.41, 5.74) is 32.1. The zero-order chi connectivity index (χ0) is 82.0. The molecule has 0 aliphatic heterocycles. The lowest BCUT2D eigenvalue weighted by Gasteiger charge is -2.12. The van der Waals surface area contributed by atoms with Gasteiger partial charge in [-0.05, 0) is 98.8 Å². The number of nitrogens with zero attached hydrogens (tertiary/aromatic N) is 8. The molecule has 0 radical (unpaired) electrons. The fourth-order valence-corrected chi connectivity index (χ4v) is 17.8. The Balaban J connectivity index is 0.000000143. The Kier molecular flexibility index (Phi) is 18.0. The molecular weight excluding hydrogens is 1510 g/mol. The second-order valence-corrected chi connectivity index (χ2v) is 31.2. The van der Waals surface area contributed by atoms with Crippen LogP contribution in [0.4, 0.5) is 0 Å². The molecular formula is C114H72N8O2. The molecule has 24 rings (SSSR count). The van der Waals surface area contributed by atoms with Gasteiger partial charge in [0.05, 0.1) is 45.2 Å². The number of para-hydroxylation sites is 2. The molecule has 0 amide bonds. The van der Waals surface area contributed by atoms with Crippen LogP contribution in [0.1, 0.15) is 0 Å². The van der Waals surface area contributed by atoms with Crippen molar-refractivity contribution < 1.29 is 8.83 Å². The average Bonchev–Trinajstić information content (AvgIpc) is 1.57. The molecule has 0 spiro atoms. The van der Waals surface area contributed by atoms with Crippen molar-refractivity contribution in [1.29, 1.82) is 0 Å². The van der Waals surface area contributed by atoms with Crippen molar-refractivity contribution in [3.8, 4) is 157 Å². The molecule has 0 saturated carbocycles. The molecule has 24 aromatic rings. The normalized spacial score (nSPS) is 11.5. The first kappa shape index (κ1) is 72.4. The van der Waals surface area contributed by atoms with Crippen LogP contribution in [0.15, 0.2) is 446 Å². The van der Waals surface area contributed by atoms with E-state index in [4.69, 9.17) is 39.0 Å². The third-order valence-corrected chi connectivity index (χ3v) is 23.7. The summed E-state index contributed by atoms with van der Waals surface area (Å²) in [4.78, 5) is 20.7. The van der Waals surface area contributed by atoms with Gasteiger partial charge in [-0.2, -0.15) is 10.2 Å². The van der Waals surface area contributed by atoms with Crippen molar-refractivity contribution in [2.45, 2.75) is 0 Å². The highest BCUT2D eigenvalue weighted by atomic mass is 16.3. The first-order chi connectivity index (χ1) is 61.5. The number of hydrogen-bond donors (Lipinski definition) is 0. The summed E-state index contributed by atoms with van der Waals surface area (Å²) >= 11 is 0. The predicted octanol–water partition coefficient (Wildman–Crippen LogP) is 29.7. The maximum absolute atomic E-state index is 6.26. The Hall–Kier alpha value is -16.8. The van der Waals surface area contributed by atoms with Crippen LogP contribution in [0, 0.1) is 0 Å². The molecule has 10 heteroatoms. The highest BCUT2D eigenvalue weighted by Crippen LogP contribution is 2.47. The van der Waals surface area contributed by atoms with E-state index in [1.807, 2.05) is 72.8 Å². The van der Waals surface area contributed by atoms with Crippen LogP contribution in [0.2, 0.25) is 0 Å². The molecule has 124 heavy (non-hydrogen) atoms. The fourth-order valence-electron chi connectivity index (χ4n) is 17.8. The molecule has 10 nitrogen and oxygen atoms in total. The largest absolute Gasteiger partial charge is 0.456 e. The first-order valence-corrected chi connectivity index (χ1v) is 41.7. The van der Waals surface area contributed by atoms with E-state index in [2.05, 4.69) is 373 Å². The molecule has 0 aliphatic carbocycles. The Bertz CT molecular complexity index is 8170. The van der Waals surface area contributed by atoms with Crippen LogP contribution >= 0.6 is 0 Å². The number of rotatable bonds is 14. The second kappa shape index (κ2) is 30.8. The predicted molar refractivity (Wildman–Crippen MR) is 507 cm³/mol. The molecule has 0 atom stereocenters. The maximum atomic E-state index is 6.26. The first-order valence-electron chi connectivity index (χ1n) is 41.7. The Morgan fingerprint density at radius 2 is 0.492 bits per heavy atom. The molecule has 0 bridgehead atoms. The number of fused-ring (bicyclic) bond motifs is 12. The SMILES string of the molecule is c1ccc(-c2nc(-c3ccc(-c4c(-c5ccccc5)nn5c(-c6ccccc6)cc6ccccc6c45)cc3)cc(-c3cccc(-c4cccc5oc6ccccc6c45)c3)n2)cc1.c1ccc(-c2nc(-c3ccc(-c4cccc5oc6ccccc6c45)cc3)cc(-c3ccc(-c4c(-c5ccccc5)nn5c(-c6ccccc6)cc6ccccc6c45)cc3)n2)cc1. The Morgan fingerprint density at radius 3 is 0.903 bits per heavy atom. The van der Waals surface area contributed by atoms with Crippen molar-refractivity contribution in [1.82, 2.24) is 39.2 Å². The maximum Gasteiger partial charge on any atom is 0.160 e. The lowest BCUT2D eigenvalue weighted by atomic mass is 9.95. The van der Waals surface area contributed by atoms with Gasteiger partial charge in [0, 0.05) is 99.1 Å². The summed E-state index contributed by atoms with van der Waals surface area (Å²) in [6.45, 7) is 0. The van der Waals surface area contributed by atoms with Gasteiger partial charge in [0.15, 0.2) is 11.6 Å². The monoisotopic (exact) mass is 1580 g/mol. The Labute approximate surface area is 713 Å². The number of hydrogen-bond acceptors (Lipinski definition) is 8. The molecule has 580 valence electrons. The molecule has 16 aromatic carbocycles. The molecule has 0 saturated heterocycles. The van der Waals surface area contributed by atoms with Gasteiger partial charge in [-0.25, -0.2) is 29.0 Å². The quantitative estimate of drug-likeness (QED) is 0.106. The van der Waals surface area contributed by atoms with Crippen LogP contribution in [0.25, 0.3) is 234 Å². The fraction of sp³-hybridized carbons (Fsp3) is 0. The molecule has 0 N–H and O–H groups in total. The molecule has 8 heterocycles. The van der Waals surface area contributed by atoms with Gasteiger partial charge in [-0.15, -0.1) is 0 Å². The minimum atomic E-state index is 0.671. The van der Waals surface area contributed by atoms with Gasteiger partial charge in [-0.3, -0.25) is 0 Å². The smallest absolute Gasteiger partial charge is 0.160 e. The lowest BCUT2D eigenvalue weighted by Crippen LogP contribution is -1.96. The summed E-state index contributed by atoms with van der Waals surface area (Å²) in [5.74, 6) is 1.35. The molecule has 0 aliphatic rings. The van der Waals surface area contributed by atoms with Crippen LogP contribution in [0.3, 0.4) is 0 Å². The van der Waals surface area contributed by atoms with Gasteiger partial charge in [0.2, 0.25) is 0 Å². The van der Waals surface area contributed by atoms with Crippen molar-refractivity contribution in [3.05, 3.63) is 437 Å². The van der Waals surface area contributed by atoms with E-state index < -0.39 is 0 Å². The molecule has 8 aromatic heterocycles. The topological polar surface area (TPSA) is 112 Å². The average molecular weight is 1590 g/mol. The zero-order valence-electron chi connectivity index (χ0n) is 67.0. The molecule has 0 fully saturated rings. The highest BCUT2D eigenvalue weighted by molar-refractivity contribution is 6.15. The van der Waals surface area contributed by atoms with Crippen LogP contribution in [-0.4, -0.2) is 39.2 Å². The van der Waals surface area contributed by atoms with Crippen LogP contribution in [0.5, 0.6) is 0 Å². The van der Waals surface area contributed by atoms with Gasteiger partial charge < -0.3 is 8.83 Å². The summed E-state index contributed by atoms with van der Waals surface area (Å²) in [6.07, 6.45) is 0. The lowest BCUT2D eigenvalue weighted by molar-refractivity contribution is 0.668. The van der Waals surface area contributed by atoms with Gasteiger partial charge in [0.1, 0.15) is 33.7 Å².